The number of nitrogens with two attached hydrogens (primary N) is 1. The van der Waals surface area contributed by atoms with E-state index in [4.69, 9.17) is 5.84 Å². The Balaban J connectivity index is -0.000000157. The zero-order valence-corrected chi connectivity index (χ0v) is 19.9. The van der Waals surface area contributed by atoms with Crippen LogP contribution in [-0.2, 0) is 9.53 Å². The van der Waals surface area contributed by atoms with Crippen LogP contribution in [0.4, 0.5) is 4.79 Å². The highest BCUT2D eigenvalue weighted by atomic mass is 16.5. The van der Waals surface area contributed by atoms with Crippen LogP contribution in [0.5, 0.6) is 0 Å². The molecule has 1 aliphatic carbocycles. The van der Waals surface area contributed by atoms with Gasteiger partial charge in [0.2, 0.25) is 5.91 Å². The summed E-state index contributed by atoms with van der Waals surface area (Å²) in [6, 6.07) is 0. The molecule has 1 saturated carbocycles. The summed E-state index contributed by atoms with van der Waals surface area (Å²) in [7, 11) is 1.40. The normalized spacial score (nSPS) is 12.3. The van der Waals surface area contributed by atoms with Crippen LogP contribution in [0.25, 0.3) is 0 Å². The van der Waals surface area contributed by atoms with Crippen molar-refractivity contribution in [2.24, 2.45) is 17.7 Å². The van der Waals surface area contributed by atoms with E-state index in [0.717, 1.165) is 6.54 Å². The molecular formula is C21H49N3O3. The van der Waals surface area contributed by atoms with Gasteiger partial charge in [-0.1, -0.05) is 74.7 Å². The predicted molar refractivity (Wildman–Crippen MR) is 117 cm³/mol. The average molecular weight is 392 g/mol. The van der Waals surface area contributed by atoms with Gasteiger partial charge in [0.1, 0.15) is 0 Å². The van der Waals surface area contributed by atoms with Crippen LogP contribution in [0.2, 0.25) is 0 Å². The SMILES string of the molecule is CC.CC.CC.CC(=O)N(N)CC(C)C.COC(=O)NCC1CCCCC1. The lowest BCUT2D eigenvalue weighted by atomic mass is 9.89. The van der Waals surface area contributed by atoms with E-state index in [1.807, 2.05) is 55.4 Å². The first kappa shape index (κ1) is 33.3. The lowest BCUT2D eigenvalue weighted by Crippen LogP contribution is -2.38. The van der Waals surface area contributed by atoms with E-state index < -0.39 is 0 Å². The quantitative estimate of drug-likeness (QED) is 0.383. The summed E-state index contributed by atoms with van der Waals surface area (Å²) < 4.78 is 4.49. The van der Waals surface area contributed by atoms with Crippen LogP contribution in [0, 0.1) is 11.8 Å². The number of hydrazine groups is 1. The Morgan fingerprint density at radius 3 is 1.78 bits per heavy atom. The number of ether oxygens (including phenoxy) is 1. The number of hydrogen-bond donors (Lipinski definition) is 2. The summed E-state index contributed by atoms with van der Waals surface area (Å²) in [6.45, 7) is 18.9. The third kappa shape index (κ3) is 27.0. The summed E-state index contributed by atoms with van der Waals surface area (Å²) in [4.78, 5) is 21.2. The molecule has 0 heterocycles. The highest BCUT2D eigenvalue weighted by molar-refractivity contribution is 5.72. The topological polar surface area (TPSA) is 84.7 Å². The van der Waals surface area contributed by atoms with Crippen molar-refractivity contribution >= 4 is 12.0 Å². The van der Waals surface area contributed by atoms with Crippen LogP contribution in [0.15, 0.2) is 0 Å². The molecule has 0 aromatic rings. The molecule has 0 aromatic heterocycles. The van der Waals surface area contributed by atoms with Gasteiger partial charge < -0.3 is 10.1 Å². The lowest BCUT2D eigenvalue weighted by molar-refractivity contribution is -0.129. The summed E-state index contributed by atoms with van der Waals surface area (Å²) >= 11 is 0. The minimum Gasteiger partial charge on any atom is -0.453 e. The van der Waals surface area contributed by atoms with E-state index in [2.05, 4.69) is 10.1 Å². The molecule has 0 atom stereocenters. The molecule has 1 rings (SSSR count). The fourth-order valence-corrected chi connectivity index (χ4v) is 2.21. The molecule has 0 unspecified atom stereocenters. The molecule has 0 bridgehead atoms. The molecule has 1 fully saturated rings. The third-order valence-corrected chi connectivity index (χ3v) is 3.41. The Hall–Kier alpha value is -1.30. The van der Waals surface area contributed by atoms with Gasteiger partial charge >= 0.3 is 6.09 Å². The van der Waals surface area contributed by atoms with Gasteiger partial charge in [-0.05, 0) is 24.7 Å². The molecule has 0 spiro atoms. The molecule has 166 valence electrons. The number of rotatable bonds is 4. The van der Waals surface area contributed by atoms with E-state index in [-0.39, 0.29) is 12.0 Å². The summed E-state index contributed by atoms with van der Waals surface area (Å²) in [6.07, 6.45) is 6.18. The Morgan fingerprint density at radius 2 is 1.48 bits per heavy atom. The van der Waals surface area contributed by atoms with E-state index in [1.54, 1.807) is 0 Å². The lowest BCUT2D eigenvalue weighted by Gasteiger charge is -2.21. The Labute approximate surface area is 169 Å². The van der Waals surface area contributed by atoms with Crippen molar-refractivity contribution in [2.45, 2.75) is 94.4 Å². The molecule has 3 N–H and O–H groups in total. The summed E-state index contributed by atoms with van der Waals surface area (Å²) in [5, 5.41) is 3.97. The van der Waals surface area contributed by atoms with Crippen molar-refractivity contribution < 1.29 is 14.3 Å². The first-order chi connectivity index (χ1) is 12.9. The second kappa shape index (κ2) is 26.9. The molecular weight excluding hydrogens is 342 g/mol. The number of nitrogens with one attached hydrogen (secondary N) is 1. The van der Waals surface area contributed by atoms with Gasteiger partial charge in [0.25, 0.3) is 0 Å². The minimum atomic E-state index is -0.305. The Morgan fingerprint density at radius 1 is 1.04 bits per heavy atom. The molecule has 0 saturated heterocycles. The zero-order valence-electron chi connectivity index (χ0n) is 19.9. The second-order valence-electron chi connectivity index (χ2n) is 5.94. The first-order valence-electron chi connectivity index (χ1n) is 10.7. The smallest absolute Gasteiger partial charge is 0.406 e. The first-order valence-corrected chi connectivity index (χ1v) is 10.7. The molecule has 0 aromatic carbocycles. The number of nitrogens with zero attached hydrogens (tertiary/aromatic N) is 1. The highest BCUT2D eigenvalue weighted by Crippen LogP contribution is 2.22. The number of hydrogen-bond acceptors (Lipinski definition) is 4. The molecule has 6 heteroatoms. The molecule has 2 amide bonds. The highest BCUT2D eigenvalue weighted by Gasteiger charge is 2.13. The summed E-state index contributed by atoms with van der Waals surface area (Å²) in [5.41, 5.74) is 0. The van der Waals surface area contributed by atoms with Crippen molar-refractivity contribution in [3.63, 3.8) is 0 Å². The maximum atomic E-state index is 10.7. The minimum absolute atomic E-state index is 0.0799. The fourth-order valence-electron chi connectivity index (χ4n) is 2.21. The van der Waals surface area contributed by atoms with Crippen LogP contribution in [-0.4, -0.2) is 37.2 Å². The van der Waals surface area contributed by atoms with Crippen molar-refractivity contribution in [3.05, 3.63) is 0 Å². The fraction of sp³-hybridized carbons (Fsp3) is 0.905. The molecule has 6 nitrogen and oxygen atoms in total. The van der Waals surface area contributed by atoms with Gasteiger partial charge in [-0.3, -0.25) is 9.80 Å². The van der Waals surface area contributed by atoms with Gasteiger partial charge in [-0.25, -0.2) is 10.6 Å². The second-order valence-corrected chi connectivity index (χ2v) is 5.94. The number of alkyl carbamates (subject to hydrolysis) is 1. The van der Waals surface area contributed by atoms with Crippen LogP contribution in [0.1, 0.15) is 94.4 Å². The van der Waals surface area contributed by atoms with Crippen molar-refractivity contribution in [1.29, 1.82) is 0 Å². The molecule has 1 aliphatic rings. The number of amides is 2. The Bertz CT molecular complexity index is 305. The number of methoxy groups -OCH3 is 1. The molecule has 0 aliphatic heterocycles. The molecule has 0 radical (unpaired) electrons. The van der Waals surface area contributed by atoms with Crippen molar-refractivity contribution in [1.82, 2.24) is 10.3 Å². The van der Waals surface area contributed by atoms with Crippen LogP contribution in [0.3, 0.4) is 0 Å². The van der Waals surface area contributed by atoms with Crippen molar-refractivity contribution in [2.75, 3.05) is 20.2 Å². The maximum absolute atomic E-state index is 10.7. The van der Waals surface area contributed by atoms with Gasteiger partial charge in [0, 0.05) is 20.0 Å². The zero-order chi connectivity index (χ0) is 22.3. The van der Waals surface area contributed by atoms with Gasteiger partial charge in [0.05, 0.1) is 7.11 Å². The largest absolute Gasteiger partial charge is 0.453 e. The van der Waals surface area contributed by atoms with Gasteiger partial charge in [-0.15, -0.1) is 0 Å². The maximum Gasteiger partial charge on any atom is 0.406 e. The van der Waals surface area contributed by atoms with Crippen molar-refractivity contribution in [3.8, 4) is 0 Å². The summed E-state index contributed by atoms with van der Waals surface area (Å²) in [5.74, 6) is 6.34. The van der Waals surface area contributed by atoms with E-state index in [1.165, 1.54) is 51.1 Å². The van der Waals surface area contributed by atoms with Gasteiger partial charge in [0.15, 0.2) is 0 Å². The third-order valence-electron chi connectivity index (χ3n) is 3.41. The van der Waals surface area contributed by atoms with E-state index in [0.29, 0.717) is 18.4 Å². The number of carbonyl (C=O) groups excluding carboxylic acids is 2. The Kier molecular flexibility index (Phi) is 33.2. The van der Waals surface area contributed by atoms with Crippen LogP contribution < -0.4 is 11.2 Å². The van der Waals surface area contributed by atoms with E-state index in [9.17, 15) is 9.59 Å². The predicted octanol–water partition coefficient (Wildman–Crippen LogP) is 5.37. The van der Waals surface area contributed by atoms with Crippen LogP contribution >= 0.6 is 0 Å². The average Bonchev–Trinajstić information content (AvgIpc) is 2.71. The molecule has 27 heavy (non-hydrogen) atoms. The number of carbonyl (C=O) groups is 2. The van der Waals surface area contributed by atoms with E-state index >= 15 is 0 Å². The standard InChI is InChI=1S/C9H17NO2.C6H14N2O.3C2H6/c1-12-9(11)10-7-8-5-3-2-4-6-8;1-5(2)4-8(7)6(3)9;3*1-2/h8H,2-7H2,1H3,(H,10,11);5H,4,7H2,1-3H3;3*1-2H3. The van der Waals surface area contributed by atoms with Gasteiger partial charge in [-0.2, -0.15) is 0 Å². The monoisotopic (exact) mass is 391 g/mol.